The van der Waals surface area contributed by atoms with Crippen molar-refractivity contribution < 1.29 is 19.5 Å². The average molecular weight is 562 g/mol. The van der Waals surface area contributed by atoms with Crippen LogP contribution < -0.4 is 0 Å². The van der Waals surface area contributed by atoms with E-state index >= 15 is 0 Å². The van der Waals surface area contributed by atoms with Gasteiger partial charge in [0, 0.05) is 20.1 Å². The molecule has 3 amide bonds. The summed E-state index contributed by atoms with van der Waals surface area (Å²) in [6.45, 7) is 2.23. The van der Waals surface area contributed by atoms with Crippen molar-refractivity contribution in [3.05, 3.63) is 143 Å². The van der Waals surface area contributed by atoms with Crippen LogP contribution in [0.25, 0.3) is 0 Å². The number of amides is 3. The first-order valence-electron chi connectivity index (χ1n) is 14.1. The normalized spacial score (nSPS) is 17.2. The van der Waals surface area contributed by atoms with Crippen molar-refractivity contribution >= 4 is 17.9 Å². The molecule has 0 saturated carbocycles. The van der Waals surface area contributed by atoms with Crippen molar-refractivity contribution in [3.63, 3.8) is 0 Å². The maximum absolute atomic E-state index is 14.5. The van der Waals surface area contributed by atoms with Crippen molar-refractivity contribution in [1.29, 1.82) is 0 Å². The molecule has 0 spiro atoms. The maximum atomic E-state index is 14.5. The van der Waals surface area contributed by atoms with Gasteiger partial charge in [-0.2, -0.15) is 0 Å². The average Bonchev–Trinajstić information content (AvgIpc) is 3.28. The minimum absolute atomic E-state index is 0.0842. The predicted octanol–water partition coefficient (Wildman–Crippen LogP) is 5.70. The number of rotatable bonds is 10. The Balaban J connectivity index is 1.53. The number of aliphatic carboxylic acids is 1. The highest BCUT2D eigenvalue weighted by Crippen LogP contribution is 2.32. The zero-order valence-electron chi connectivity index (χ0n) is 23.8. The number of hydrogen-bond donors (Lipinski definition) is 1. The fourth-order valence-electron chi connectivity index (χ4n) is 5.64. The van der Waals surface area contributed by atoms with E-state index in [2.05, 4.69) is 0 Å². The van der Waals surface area contributed by atoms with Gasteiger partial charge in [-0.3, -0.25) is 4.79 Å². The number of carboxylic acid groups (broad SMARTS) is 1. The van der Waals surface area contributed by atoms with E-state index < -0.39 is 30.0 Å². The Morgan fingerprint density at radius 2 is 1.19 bits per heavy atom. The molecule has 3 atom stereocenters. The van der Waals surface area contributed by atoms with Crippen LogP contribution in [0.2, 0.25) is 0 Å². The molecule has 1 aliphatic rings. The number of likely N-dealkylation sites (N-methyl/N-ethyl adjacent to an activating group) is 1. The Morgan fingerprint density at radius 3 is 1.69 bits per heavy atom. The molecule has 1 saturated heterocycles. The van der Waals surface area contributed by atoms with Crippen LogP contribution in [0.15, 0.2) is 115 Å². The van der Waals surface area contributed by atoms with Crippen molar-refractivity contribution in [1.82, 2.24) is 14.7 Å². The number of aryl methyl sites for hydroxylation is 1. The van der Waals surface area contributed by atoms with Crippen LogP contribution in [0.1, 0.15) is 33.9 Å². The van der Waals surface area contributed by atoms with E-state index in [1.54, 1.807) is 11.9 Å². The lowest BCUT2D eigenvalue weighted by molar-refractivity contribution is -0.148. The number of carbonyl (C=O) groups excluding carboxylic acids is 2. The number of hydrogen-bond acceptors (Lipinski definition) is 3. The van der Waals surface area contributed by atoms with Crippen LogP contribution in [-0.2, 0) is 29.1 Å². The Bertz CT molecular complexity index is 1510. The minimum atomic E-state index is -1.35. The molecule has 0 bridgehead atoms. The number of carboxylic acids is 1. The van der Waals surface area contributed by atoms with Gasteiger partial charge < -0.3 is 19.8 Å². The van der Waals surface area contributed by atoms with Crippen molar-refractivity contribution in [2.45, 2.75) is 44.6 Å². The molecule has 5 rings (SSSR count). The zero-order chi connectivity index (χ0) is 29.6. The molecule has 4 aromatic carbocycles. The van der Waals surface area contributed by atoms with Crippen molar-refractivity contribution in [2.75, 3.05) is 7.05 Å². The summed E-state index contributed by atoms with van der Waals surface area (Å²) in [4.78, 5) is 45.7. The molecule has 1 fully saturated rings. The monoisotopic (exact) mass is 561 g/mol. The lowest BCUT2D eigenvalue weighted by Gasteiger charge is -2.34. The smallest absolute Gasteiger partial charge is 0.329 e. The van der Waals surface area contributed by atoms with Gasteiger partial charge in [0.25, 0.3) is 0 Å². The van der Waals surface area contributed by atoms with Crippen LogP contribution in [-0.4, -0.2) is 56.8 Å². The van der Waals surface area contributed by atoms with Crippen LogP contribution >= 0.6 is 0 Å². The van der Waals surface area contributed by atoms with Crippen LogP contribution in [0.4, 0.5) is 4.79 Å². The molecule has 4 aromatic rings. The summed E-state index contributed by atoms with van der Waals surface area (Å²) >= 11 is 0. The summed E-state index contributed by atoms with van der Waals surface area (Å²) in [6.07, 6.45) is 0.539. The number of benzene rings is 4. The first-order valence-corrected chi connectivity index (χ1v) is 14.1. The third kappa shape index (κ3) is 6.20. The van der Waals surface area contributed by atoms with Crippen LogP contribution in [0.5, 0.6) is 0 Å². The van der Waals surface area contributed by atoms with E-state index in [9.17, 15) is 19.5 Å². The lowest BCUT2D eigenvalue weighted by Crippen LogP contribution is -2.53. The SMILES string of the molecule is Cc1ccc(CC(c2ccccc2)N(C)C(=O)[C@H]2[C@@H](C(=O)O)N(Cc3ccccc3)C(=O)N2Cc2ccccc2)cc1. The minimum Gasteiger partial charge on any atom is -0.480 e. The molecule has 0 aromatic heterocycles. The second kappa shape index (κ2) is 12.7. The van der Waals surface area contributed by atoms with E-state index in [1.807, 2.05) is 122 Å². The first-order chi connectivity index (χ1) is 20.3. The summed E-state index contributed by atoms with van der Waals surface area (Å²) in [5, 5.41) is 10.5. The Kier molecular flexibility index (Phi) is 8.67. The second-order valence-electron chi connectivity index (χ2n) is 10.8. The molecular formula is C35H35N3O4. The maximum Gasteiger partial charge on any atom is 0.329 e. The summed E-state index contributed by atoms with van der Waals surface area (Å²) in [5.41, 5.74) is 4.73. The quantitative estimate of drug-likeness (QED) is 0.270. The standard InChI is InChI=1S/C35H35N3O4/c1-25-18-20-26(21-19-25)22-30(29-16-10-5-11-17-29)36(2)33(39)31-32(34(40)41)38(24-28-14-8-4-9-15-28)35(42)37(31)23-27-12-6-3-7-13-27/h3-21,30-32H,22-24H2,1-2H3,(H,40,41)/t30?,31-,32+/m1/s1. The number of urea groups is 1. The van der Waals surface area contributed by atoms with Gasteiger partial charge in [0.1, 0.15) is 6.04 Å². The number of nitrogens with zero attached hydrogens (tertiary/aromatic N) is 3. The third-order valence-electron chi connectivity index (χ3n) is 7.91. The number of carbonyl (C=O) groups is 3. The van der Waals surface area contributed by atoms with E-state index in [1.165, 1.54) is 9.80 Å². The molecule has 1 aliphatic heterocycles. The molecule has 1 heterocycles. The summed E-state index contributed by atoms with van der Waals surface area (Å²) in [5.74, 6) is -1.63. The second-order valence-corrected chi connectivity index (χ2v) is 10.8. The zero-order valence-corrected chi connectivity index (χ0v) is 23.8. The van der Waals surface area contributed by atoms with Crippen LogP contribution in [0, 0.1) is 6.92 Å². The van der Waals surface area contributed by atoms with Gasteiger partial charge in [-0.25, -0.2) is 9.59 Å². The van der Waals surface area contributed by atoms with Gasteiger partial charge in [0.2, 0.25) is 5.91 Å². The van der Waals surface area contributed by atoms with Crippen molar-refractivity contribution in [2.24, 2.45) is 0 Å². The highest BCUT2D eigenvalue weighted by atomic mass is 16.4. The molecule has 42 heavy (non-hydrogen) atoms. The van der Waals surface area contributed by atoms with Gasteiger partial charge in [0.05, 0.1) is 6.04 Å². The van der Waals surface area contributed by atoms with Crippen molar-refractivity contribution in [3.8, 4) is 0 Å². The molecule has 7 nitrogen and oxygen atoms in total. The topological polar surface area (TPSA) is 81.2 Å². The largest absolute Gasteiger partial charge is 0.480 e. The molecule has 7 heteroatoms. The van der Waals surface area contributed by atoms with E-state index in [0.717, 1.165) is 27.8 Å². The lowest BCUT2D eigenvalue weighted by atomic mass is 9.95. The van der Waals surface area contributed by atoms with Gasteiger partial charge in [-0.15, -0.1) is 0 Å². The molecule has 1 unspecified atom stereocenters. The highest BCUT2D eigenvalue weighted by molar-refractivity contribution is 5.98. The Morgan fingerprint density at radius 1 is 0.714 bits per heavy atom. The Hall–Kier alpha value is -4.91. The molecule has 0 radical (unpaired) electrons. The van der Waals surface area contributed by atoms with Gasteiger partial charge in [0.15, 0.2) is 6.04 Å². The van der Waals surface area contributed by atoms with E-state index in [-0.39, 0.29) is 19.1 Å². The fourth-order valence-corrected chi connectivity index (χ4v) is 5.64. The molecule has 1 N–H and O–H groups in total. The fraction of sp³-hybridized carbons (Fsp3) is 0.229. The van der Waals surface area contributed by atoms with Gasteiger partial charge in [-0.1, -0.05) is 121 Å². The highest BCUT2D eigenvalue weighted by Gasteiger charge is 2.54. The molecule has 214 valence electrons. The summed E-state index contributed by atoms with van der Waals surface area (Å²) in [7, 11) is 1.71. The van der Waals surface area contributed by atoms with Gasteiger partial charge >= 0.3 is 12.0 Å². The van der Waals surface area contributed by atoms with E-state index in [0.29, 0.717) is 6.42 Å². The predicted molar refractivity (Wildman–Crippen MR) is 161 cm³/mol. The summed E-state index contributed by atoms with van der Waals surface area (Å²) < 4.78 is 0. The molecule has 0 aliphatic carbocycles. The Labute approximate surface area is 246 Å². The van der Waals surface area contributed by atoms with E-state index in [4.69, 9.17) is 0 Å². The summed E-state index contributed by atoms with van der Waals surface area (Å²) in [6, 6.07) is 33.1. The van der Waals surface area contributed by atoms with Gasteiger partial charge in [-0.05, 0) is 35.6 Å². The molecular weight excluding hydrogens is 526 g/mol. The first kappa shape index (κ1) is 28.6. The van der Waals surface area contributed by atoms with Crippen LogP contribution in [0.3, 0.4) is 0 Å². The third-order valence-corrected chi connectivity index (χ3v) is 7.91.